The first-order valence-electron chi connectivity index (χ1n) is 5.82. The number of nitrogens with one attached hydrogen (secondary N) is 1. The van der Waals surface area contributed by atoms with Gasteiger partial charge in [0.25, 0.3) is 0 Å². The molecule has 2 rings (SSSR count). The molecule has 3 N–H and O–H groups in total. The van der Waals surface area contributed by atoms with E-state index in [4.69, 9.17) is 5.73 Å². The van der Waals surface area contributed by atoms with Crippen LogP contribution in [-0.2, 0) is 4.79 Å². The van der Waals surface area contributed by atoms with Crippen LogP contribution >= 0.6 is 0 Å². The summed E-state index contributed by atoms with van der Waals surface area (Å²) in [5.74, 6) is -0.314. The second-order valence-corrected chi connectivity index (χ2v) is 4.53. The Morgan fingerprint density at radius 3 is 2.65 bits per heavy atom. The molecular formula is C12H16FN3O. The lowest BCUT2D eigenvalue weighted by molar-refractivity contribution is -0.122. The molecule has 0 atom stereocenters. The molecule has 5 heteroatoms. The van der Waals surface area contributed by atoms with Gasteiger partial charge in [0.1, 0.15) is 11.6 Å². The molecule has 1 fully saturated rings. The molecular weight excluding hydrogens is 221 g/mol. The van der Waals surface area contributed by atoms with Crippen molar-refractivity contribution in [3.8, 4) is 0 Å². The quantitative estimate of drug-likeness (QED) is 0.824. The van der Waals surface area contributed by atoms with E-state index in [0.29, 0.717) is 18.7 Å². The minimum absolute atomic E-state index is 0.226. The Hall–Kier alpha value is -1.49. The third kappa shape index (κ3) is 2.79. The van der Waals surface area contributed by atoms with Crippen LogP contribution in [0.25, 0.3) is 0 Å². The van der Waals surface area contributed by atoms with Gasteiger partial charge >= 0.3 is 0 Å². The Balaban J connectivity index is 2.03. The van der Waals surface area contributed by atoms with Gasteiger partial charge in [-0.25, -0.2) is 9.37 Å². The molecule has 0 aliphatic heterocycles. The molecule has 1 aliphatic rings. The Bertz CT molecular complexity index is 399. The Morgan fingerprint density at radius 2 is 2.06 bits per heavy atom. The van der Waals surface area contributed by atoms with Gasteiger partial charge in [0.05, 0.1) is 11.7 Å². The number of rotatable bonds is 2. The number of halogens is 1. The van der Waals surface area contributed by atoms with Gasteiger partial charge in [-0.1, -0.05) is 19.3 Å². The summed E-state index contributed by atoms with van der Waals surface area (Å²) in [6.45, 7) is 0. The van der Waals surface area contributed by atoms with Crippen molar-refractivity contribution in [1.29, 1.82) is 0 Å². The van der Waals surface area contributed by atoms with Crippen molar-refractivity contribution >= 4 is 11.7 Å². The van der Waals surface area contributed by atoms with E-state index in [1.54, 1.807) is 0 Å². The second-order valence-electron chi connectivity index (χ2n) is 4.53. The van der Waals surface area contributed by atoms with Crippen molar-refractivity contribution < 1.29 is 9.18 Å². The lowest BCUT2D eigenvalue weighted by Gasteiger charge is -2.31. The van der Waals surface area contributed by atoms with Crippen LogP contribution in [0.4, 0.5) is 10.2 Å². The third-order valence-electron chi connectivity index (χ3n) is 3.17. The molecule has 0 bridgehead atoms. The summed E-state index contributed by atoms with van der Waals surface area (Å²) in [7, 11) is 0. The summed E-state index contributed by atoms with van der Waals surface area (Å²) in [6.07, 6.45) is 5.53. The van der Waals surface area contributed by atoms with Gasteiger partial charge in [-0.3, -0.25) is 4.79 Å². The number of nitrogens with two attached hydrogens (primary N) is 1. The molecule has 1 saturated carbocycles. The molecule has 1 aliphatic carbocycles. The van der Waals surface area contributed by atoms with Gasteiger partial charge < -0.3 is 11.1 Å². The highest BCUT2D eigenvalue weighted by Crippen LogP contribution is 2.26. The molecule has 1 amide bonds. The maximum atomic E-state index is 12.7. The minimum Gasteiger partial charge on any atom is -0.317 e. The highest BCUT2D eigenvalue weighted by Gasteiger charge is 2.35. The maximum absolute atomic E-state index is 12.7. The largest absolute Gasteiger partial charge is 0.317 e. The fraction of sp³-hybridized carbons (Fsp3) is 0.500. The van der Waals surface area contributed by atoms with Gasteiger partial charge in [0.2, 0.25) is 5.91 Å². The average Bonchev–Trinajstić information content (AvgIpc) is 2.33. The number of aromatic nitrogens is 1. The SMILES string of the molecule is NC1(C(=O)Nc2ccc(F)cn2)CCCCC1. The molecule has 1 heterocycles. The molecule has 17 heavy (non-hydrogen) atoms. The Kier molecular flexibility index (Phi) is 3.38. The Morgan fingerprint density at radius 1 is 1.35 bits per heavy atom. The Labute approximate surface area is 99.4 Å². The second kappa shape index (κ2) is 4.79. The zero-order chi connectivity index (χ0) is 12.3. The van der Waals surface area contributed by atoms with Crippen LogP contribution < -0.4 is 11.1 Å². The third-order valence-corrected chi connectivity index (χ3v) is 3.17. The van der Waals surface area contributed by atoms with Crippen molar-refractivity contribution in [1.82, 2.24) is 4.98 Å². The van der Waals surface area contributed by atoms with Crippen LogP contribution in [0.15, 0.2) is 18.3 Å². The van der Waals surface area contributed by atoms with E-state index in [-0.39, 0.29) is 5.91 Å². The number of hydrogen-bond acceptors (Lipinski definition) is 3. The summed E-state index contributed by atoms with van der Waals surface area (Å²) in [5.41, 5.74) is 5.27. The van der Waals surface area contributed by atoms with E-state index in [1.807, 2.05) is 0 Å². The fourth-order valence-corrected chi connectivity index (χ4v) is 2.10. The lowest BCUT2D eigenvalue weighted by Crippen LogP contribution is -2.52. The smallest absolute Gasteiger partial charge is 0.245 e. The predicted molar refractivity (Wildman–Crippen MR) is 62.8 cm³/mol. The number of carbonyl (C=O) groups excluding carboxylic acids is 1. The number of amides is 1. The van der Waals surface area contributed by atoms with Crippen molar-refractivity contribution in [3.05, 3.63) is 24.1 Å². The first-order valence-corrected chi connectivity index (χ1v) is 5.82. The van der Waals surface area contributed by atoms with Crippen molar-refractivity contribution in [2.24, 2.45) is 5.73 Å². The molecule has 0 unspecified atom stereocenters. The number of carbonyl (C=O) groups is 1. The normalized spacial score (nSPS) is 18.7. The number of anilines is 1. The van der Waals surface area contributed by atoms with Crippen molar-refractivity contribution in [3.63, 3.8) is 0 Å². The molecule has 4 nitrogen and oxygen atoms in total. The van der Waals surface area contributed by atoms with E-state index in [0.717, 1.165) is 25.5 Å². The van der Waals surface area contributed by atoms with Crippen molar-refractivity contribution in [2.45, 2.75) is 37.6 Å². The minimum atomic E-state index is -0.797. The number of nitrogens with zero attached hydrogens (tertiary/aromatic N) is 1. The first-order chi connectivity index (χ1) is 8.10. The number of hydrogen-bond donors (Lipinski definition) is 2. The molecule has 92 valence electrons. The van der Waals surface area contributed by atoms with E-state index in [1.165, 1.54) is 12.1 Å². The van der Waals surface area contributed by atoms with Gasteiger partial charge in [-0.05, 0) is 25.0 Å². The zero-order valence-corrected chi connectivity index (χ0v) is 9.58. The fourth-order valence-electron chi connectivity index (χ4n) is 2.10. The van der Waals surface area contributed by atoms with Crippen molar-refractivity contribution in [2.75, 3.05) is 5.32 Å². The summed E-state index contributed by atoms with van der Waals surface area (Å²) >= 11 is 0. The summed E-state index contributed by atoms with van der Waals surface area (Å²) in [5, 5.41) is 2.64. The standard InChI is InChI=1S/C12H16FN3O/c13-9-4-5-10(15-8-9)16-11(17)12(14)6-2-1-3-7-12/h4-5,8H,1-3,6-7,14H2,(H,15,16,17). The van der Waals surface area contributed by atoms with Crippen LogP contribution in [0.3, 0.4) is 0 Å². The van der Waals surface area contributed by atoms with Crippen LogP contribution in [0.1, 0.15) is 32.1 Å². The monoisotopic (exact) mass is 237 g/mol. The molecule has 0 saturated heterocycles. The molecule has 0 radical (unpaired) electrons. The van der Waals surface area contributed by atoms with Crippen LogP contribution in [0, 0.1) is 5.82 Å². The van der Waals surface area contributed by atoms with E-state index in [2.05, 4.69) is 10.3 Å². The topological polar surface area (TPSA) is 68.0 Å². The summed E-state index contributed by atoms with van der Waals surface area (Å²) in [6, 6.07) is 2.69. The lowest BCUT2D eigenvalue weighted by atomic mass is 9.82. The number of pyridine rings is 1. The average molecular weight is 237 g/mol. The predicted octanol–water partition coefficient (Wildman–Crippen LogP) is 1.82. The van der Waals surface area contributed by atoms with Gasteiger partial charge in [0, 0.05) is 0 Å². The molecule has 0 aromatic carbocycles. The zero-order valence-electron chi connectivity index (χ0n) is 9.58. The summed E-state index contributed by atoms with van der Waals surface area (Å²) < 4.78 is 12.7. The van der Waals surface area contributed by atoms with Crippen LogP contribution in [0.5, 0.6) is 0 Å². The van der Waals surface area contributed by atoms with Crippen LogP contribution in [-0.4, -0.2) is 16.4 Å². The molecule has 1 aromatic heterocycles. The van der Waals surface area contributed by atoms with E-state index < -0.39 is 11.4 Å². The highest BCUT2D eigenvalue weighted by atomic mass is 19.1. The highest BCUT2D eigenvalue weighted by molar-refractivity contribution is 5.97. The summed E-state index contributed by atoms with van der Waals surface area (Å²) in [4.78, 5) is 15.8. The van der Waals surface area contributed by atoms with Gasteiger partial charge in [-0.15, -0.1) is 0 Å². The van der Waals surface area contributed by atoms with Gasteiger partial charge in [-0.2, -0.15) is 0 Å². The first kappa shape index (κ1) is 12.0. The molecule has 1 aromatic rings. The van der Waals surface area contributed by atoms with Crippen LogP contribution in [0.2, 0.25) is 0 Å². The molecule has 0 spiro atoms. The van der Waals surface area contributed by atoms with Gasteiger partial charge in [0.15, 0.2) is 0 Å². The maximum Gasteiger partial charge on any atom is 0.245 e. The van der Waals surface area contributed by atoms with E-state index >= 15 is 0 Å². The van der Waals surface area contributed by atoms with E-state index in [9.17, 15) is 9.18 Å².